The quantitative estimate of drug-likeness (QED) is 0.0178. The summed E-state index contributed by atoms with van der Waals surface area (Å²) in [6.45, 7) is 23.2. The van der Waals surface area contributed by atoms with Gasteiger partial charge in [0.1, 0.15) is 58.9 Å². The Bertz CT molecular complexity index is 2580. The molecular formula is C45H64N9O16S2+. The standard InChI is InChI=1S/C45H63N9O16S2/c1-41(2,3)65-36(57)30(69-51-32(29-26-71-37(48-29)50-39(59)67-43(7,8)9)34(55)49-33-35(56)54(45(33,13)14)70-72(61,62)63)25-64-28-16-17-31(47-24-28)53(40(60)68-44(10,11)12)27-18-22-52(23-19-27)21-15-20-46-38(58)66-42(4,5)6/h16-19,22-24,26,30,33H,15,20-21,25H2,1-14H3,(H3-,46,48,49,50,55,58,59,61,62,63)/p+1/b51-32-/t30?,33-/m1/s1. The normalized spacial score (nSPS) is 15.5. The van der Waals surface area contributed by atoms with Crippen LogP contribution in [0.4, 0.5) is 31.0 Å². The van der Waals surface area contributed by atoms with Crippen molar-refractivity contribution >= 4 is 80.1 Å². The monoisotopic (exact) mass is 1050 g/mol. The molecular weight excluding hydrogens is 987 g/mol. The summed E-state index contributed by atoms with van der Waals surface area (Å²) in [4.78, 5) is 94.3. The minimum atomic E-state index is -5.12. The molecule has 27 heteroatoms. The van der Waals surface area contributed by atoms with Gasteiger partial charge in [0.25, 0.3) is 17.9 Å². The zero-order valence-corrected chi connectivity index (χ0v) is 44.3. The van der Waals surface area contributed by atoms with E-state index in [1.165, 1.54) is 42.5 Å². The number of oxime groups is 1. The van der Waals surface area contributed by atoms with Crippen molar-refractivity contribution in [2.75, 3.05) is 23.4 Å². The average Bonchev–Trinajstić information content (AvgIpc) is 3.67. The van der Waals surface area contributed by atoms with E-state index in [4.69, 9.17) is 28.5 Å². The number of anilines is 3. The number of hydroxylamine groups is 2. The zero-order chi connectivity index (χ0) is 54.2. The molecule has 1 aliphatic heterocycles. The first kappa shape index (κ1) is 57.9. The Labute approximate surface area is 421 Å². The summed E-state index contributed by atoms with van der Waals surface area (Å²) in [5.41, 5.74) is -5.36. The van der Waals surface area contributed by atoms with Crippen molar-refractivity contribution in [1.82, 2.24) is 25.7 Å². The zero-order valence-electron chi connectivity index (χ0n) is 42.7. The van der Waals surface area contributed by atoms with Gasteiger partial charge in [0.15, 0.2) is 23.2 Å². The Morgan fingerprint density at radius 3 is 2.03 bits per heavy atom. The molecule has 3 aromatic heterocycles. The van der Waals surface area contributed by atoms with Gasteiger partial charge in [-0.2, -0.15) is 13.5 Å². The number of esters is 1. The second-order valence-electron chi connectivity index (χ2n) is 20.5. The lowest BCUT2D eigenvalue weighted by Gasteiger charge is -2.50. The van der Waals surface area contributed by atoms with E-state index in [9.17, 15) is 41.7 Å². The highest BCUT2D eigenvalue weighted by molar-refractivity contribution is 7.80. The molecule has 25 nitrogen and oxygen atoms in total. The Balaban J connectivity index is 1.60. The molecule has 0 aliphatic carbocycles. The lowest BCUT2D eigenvalue weighted by atomic mass is 9.84. The van der Waals surface area contributed by atoms with Gasteiger partial charge in [-0.25, -0.2) is 38.6 Å². The summed E-state index contributed by atoms with van der Waals surface area (Å²) in [5.74, 6) is -2.92. The molecule has 0 bridgehead atoms. The van der Waals surface area contributed by atoms with E-state index in [0.29, 0.717) is 30.3 Å². The van der Waals surface area contributed by atoms with Gasteiger partial charge in [-0.05, 0) is 109 Å². The summed E-state index contributed by atoms with van der Waals surface area (Å²) in [6.07, 6.45) is 1.58. The molecule has 0 aromatic carbocycles. The number of ether oxygens (including phenoxy) is 5. The maximum atomic E-state index is 14.0. The Morgan fingerprint density at radius 2 is 1.49 bits per heavy atom. The van der Waals surface area contributed by atoms with Crippen molar-refractivity contribution in [1.29, 1.82) is 0 Å². The van der Waals surface area contributed by atoms with Crippen LogP contribution in [0.3, 0.4) is 0 Å². The maximum Gasteiger partial charge on any atom is 0.420 e. The van der Waals surface area contributed by atoms with Gasteiger partial charge in [-0.3, -0.25) is 19.5 Å². The number of carbonyl (C=O) groups excluding carboxylic acids is 6. The highest BCUT2D eigenvalue weighted by Crippen LogP contribution is 2.33. The molecule has 1 fully saturated rings. The van der Waals surface area contributed by atoms with Crippen molar-refractivity contribution < 1.29 is 79.1 Å². The molecule has 1 aliphatic rings. The summed E-state index contributed by atoms with van der Waals surface area (Å²) < 4.78 is 66.0. The molecule has 1 saturated heterocycles. The second-order valence-corrected chi connectivity index (χ2v) is 22.3. The highest BCUT2D eigenvalue weighted by atomic mass is 32.3. The lowest BCUT2D eigenvalue weighted by molar-refractivity contribution is -0.697. The van der Waals surface area contributed by atoms with Crippen LogP contribution in [0.2, 0.25) is 0 Å². The molecule has 5 amide bonds. The number of hydrogen-bond acceptors (Lipinski definition) is 19. The predicted octanol–water partition coefficient (Wildman–Crippen LogP) is 5.51. The molecule has 4 rings (SSSR count). The fourth-order valence-electron chi connectivity index (χ4n) is 5.99. The van der Waals surface area contributed by atoms with Gasteiger partial charge < -0.3 is 39.2 Å². The molecule has 1 unspecified atom stereocenters. The number of carbonyl (C=O) groups is 6. The number of thiazole rings is 1. The van der Waals surface area contributed by atoms with Crippen LogP contribution in [0, 0.1) is 0 Å². The lowest BCUT2D eigenvalue weighted by Crippen LogP contribution is -2.76. The Hall–Kier alpha value is -6.71. The van der Waals surface area contributed by atoms with Crippen LogP contribution in [0.5, 0.6) is 5.75 Å². The second kappa shape index (κ2) is 22.8. The van der Waals surface area contributed by atoms with Gasteiger partial charge in [0, 0.05) is 30.5 Å². The molecule has 0 saturated carbocycles. The SMILES string of the molecule is CC(C)(C)OC(=O)NCCC[n+]1ccc(N(C(=O)OC(C)(C)C)c2ccc(OCC(O/N=C(\C(=O)N[C@@H]3C(=O)N(OS(=O)(=O)O)C3(C)C)c3csc(NC(=O)OC(C)(C)C)n3)C(=O)OC(C)(C)C)cn2)cc1. The molecule has 0 radical (unpaired) electrons. The Kier molecular flexibility index (Phi) is 18.3. The van der Waals surface area contributed by atoms with E-state index >= 15 is 0 Å². The van der Waals surface area contributed by atoms with E-state index in [-0.39, 0.29) is 22.4 Å². The number of nitrogens with one attached hydrogen (secondary N) is 3. The fraction of sp³-hybridized carbons (Fsp3) is 0.556. The number of hydrogen-bond donors (Lipinski definition) is 4. The van der Waals surface area contributed by atoms with Gasteiger partial charge >= 0.3 is 34.6 Å². The van der Waals surface area contributed by atoms with Gasteiger partial charge in [-0.1, -0.05) is 5.16 Å². The number of aromatic nitrogens is 3. The summed E-state index contributed by atoms with van der Waals surface area (Å²) in [6, 6.07) is 4.89. The van der Waals surface area contributed by atoms with Gasteiger partial charge in [0.2, 0.25) is 0 Å². The van der Waals surface area contributed by atoms with E-state index in [2.05, 4.69) is 35.4 Å². The van der Waals surface area contributed by atoms with Crippen molar-refractivity contribution in [2.24, 2.45) is 5.16 Å². The van der Waals surface area contributed by atoms with E-state index in [1.54, 1.807) is 108 Å². The number of β-lactam (4-membered cyclic amide) rings is 1. The first-order valence-electron chi connectivity index (χ1n) is 22.3. The number of rotatable bonds is 18. The smallest absolute Gasteiger partial charge is 0.420 e. The molecule has 396 valence electrons. The summed E-state index contributed by atoms with van der Waals surface area (Å²) >= 11 is 0.862. The topological polar surface area (TPSA) is 306 Å². The van der Waals surface area contributed by atoms with Crippen LogP contribution in [-0.2, 0) is 59.4 Å². The van der Waals surface area contributed by atoms with Crippen LogP contribution in [0.25, 0.3) is 0 Å². The van der Waals surface area contributed by atoms with Crippen molar-refractivity contribution in [3.05, 3.63) is 53.9 Å². The molecule has 2 atom stereocenters. The van der Waals surface area contributed by atoms with Crippen LogP contribution in [-0.4, -0.2) is 123 Å². The van der Waals surface area contributed by atoms with E-state index < -0.39 is 98.9 Å². The number of alkyl carbamates (subject to hydrolysis) is 1. The van der Waals surface area contributed by atoms with Gasteiger partial charge in [-0.15, -0.1) is 15.6 Å². The third kappa shape index (κ3) is 18.2. The maximum absolute atomic E-state index is 14.0. The first-order chi connectivity index (χ1) is 33.0. The van der Waals surface area contributed by atoms with Crippen LogP contribution in [0.1, 0.15) is 109 Å². The first-order valence-corrected chi connectivity index (χ1v) is 24.6. The Morgan fingerprint density at radius 1 is 0.889 bits per heavy atom. The van der Waals surface area contributed by atoms with Crippen LogP contribution < -0.4 is 30.2 Å². The number of nitrogens with zero attached hydrogens (tertiary/aromatic N) is 6. The number of amides is 5. The van der Waals surface area contributed by atoms with Crippen molar-refractivity contribution in [2.45, 2.75) is 150 Å². The minimum absolute atomic E-state index is 0.0434. The molecule has 4 heterocycles. The minimum Gasteiger partial charge on any atom is -0.487 e. The van der Waals surface area contributed by atoms with Crippen molar-refractivity contribution in [3.63, 3.8) is 0 Å². The largest absolute Gasteiger partial charge is 0.487 e. The predicted molar refractivity (Wildman–Crippen MR) is 258 cm³/mol. The highest BCUT2D eigenvalue weighted by Gasteiger charge is 2.58. The fourth-order valence-corrected chi connectivity index (χ4v) is 7.13. The molecule has 4 N–H and O–H groups in total. The number of aryl methyl sites for hydroxylation is 1. The van der Waals surface area contributed by atoms with Crippen LogP contribution in [0.15, 0.2) is 53.4 Å². The van der Waals surface area contributed by atoms with Crippen molar-refractivity contribution in [3.8, 4) is 5.75 Å². The third-order valence-electron chi connectivity index (χ3n) is 8.95. The molecule has 3 aromatic rings. The van der Waals surface area contributed by atoms with Crippen LogP contribution >= 0.6 is 11.3 Å². The molecule has 72 heavy (non-hydrogen) atoms. The number of pyridine rings is 2. The summed E-state index contributed by atoms with van der Waals surface area (Å²) in [7, 11) is -5.12. The molecule has 0 spiro atoms. The third-order valence-corrected chi connectivity index (χ3v) is 10.0. The van der Waals surface area contributed by atoms with E-state index in [0.717, 1.165) is 11.3 Å². The summed E-state index contributed by atoms with van der Waals surface area (Å²) in [5, 5.41) is 13.2. The average molecular weight is 1050 g/mol. The van der Waals surface area contributed by atoms with Gasteiger partial charge in [0.05, 0.1) is 17.4 Å². The van der Waals surface area contributed by atoms with E-state index in [1.807, 2.05) is 4.57 Å².